The Morgan fingerprint density at radius 1 is 1.18 bits per heavy atom. The van der Waals surface area contributed by atoms with Crippen LogP contribution in [0.5, 0.6) is 0 Å². The van der Waals surface area contributed by atoms with Crippen LogP contribution < -0.4 is 16.6 Å². The first-order chi connectivity index (χ1) is 13.4. The molecule has 0 atom stereocenters. The molecule has 0 aliphatic rings. The summed E-state index contributed by atoms with van der Waals surface area (Å²) in [6, 6.07) is 11.7. The molecule has 1 heterocycles. The molecule has 0 saturated carbocycles. The molecule has 0 bridgehead atoms. The number of ether oxygens (including phenoxy) is 1. The lowest BCUT2D eigenvalue weighted by molar-refractivity contribution is -0.121. The summed E-state index contributed by atoms with van der Waals surface area (Å²) in [4.78, 5) is 38.4. The average Bonchev–Trinajstić information content (AvgIpc) is 2.68. The Bertz CT molecular complexity index is 1150. The van der Waals surface area contributed by atoms with E-state index in [1.165, 1.54) is 11.7 Å². The zero-order chi connectivity index (χ0) is 20.3. The lowest BCUT2D eigenvalue weighted by atomic mass is 10.2. The van der Waals surface area contributed by atoms with E-state index in [2.05, 4.69) is 5.32 Å². The van der Waals surface area contributed by atoms with Gasteiger partial charge in [0.15, 0.2) is 0 Å². The van der Waals surface area contributed by atoms with Crippen LogP contribution in [0.25, 0.3) is 16.6 Å². The van der Waals surface area contributed by atoms with Gasteiger partial charge < -0.3 is 10.1 Å². The van der Waals surface area contributed by atoms with Crippen LogP contribution in [-0.4, -0.2) is 35.3 Å². The first-order valence-corrected chi connectivity index (χ1v) is 9.08. The smallest absolute Gasteiger partial charge is 0.336 e. The molecule has 146 valence electrons. The highest BCUT2D eigenvalue weighted by Crippen LogP contribution is 2.18. The Labute approximate surface area is 166 Å². The van der Waals surface area contributed by atoms with Gasteiger partial charge in [-0.05, 0) is 36.8 Å². The molecule has 0 fully saturated rings. The lowest BCUT2D eigenvalue weighted by Crippen LogP contribution is -2.42. The number of rotatable bonds is 6. The lowest BCUT2D eigenvalue weighted by Gasteiger charge is -2.14. The standard InChI is InChI=1S/C20H20ClN3O4/c1-13-7-8-14(11-16(13)21)24-19(26)15-5-3-4-6-17(15)23(20(24)27)12-18(25)22-9-10-28-2/h3-8,11H,9-10,12H2,1-2H3,(H,22,25). The third-order valence-corrected chi connectivity index (χ3v) is 4.80. The average molecular weight is 402 g/mol. The maximum atomic E-state index is 13.1. The summed E-state index contributed by atoms with van der Waals surface area (Å²) in [6.07, 6.45) is 0. The molecule has 3 rings (SSSR count). The number of methoxy groups -OCH3 is 1. The van der Waals surface area contributed by atoms with Gasteiger partial charge >= 0.3 is 5.69 Å². The van der Waals surface area contributed by atoms with Crippen LogP contribution in [0.1, 0.15) is 5.56 Å². The quantitative estimate of drug-likeness (QED) is 0.639. The van der Waals surface area contributed by atoms with Gasteiger partial charge in [-0.2, -0.15) is 0 Å². The van der Waals surface area contributed by atoms with E-state index in [1.807, 2.05) is 6.92 Å². The van der Waals surface area contributed by atoms with Crippen molar-refractivity contribution >= 4 is 28.4 Å². The number of aryl methyl sites for hydroxylation is 1. The van der Waals surface area contributed by atoms with Crippen LogP contribution in [0, 0.1) is 6.92 Å². The normalized spacial score (nSPS) is 11.0. The van der Waals surface area contributed by atoms with Gasteiger partial charge in [-0.3, -0.25) is 14.2 Å². The number of carbonyl (C=O) groups is 1. The third-order valence-electron chi connectivity index (χ3n) is 4.39. The maximum Gasteiger partial charge on any atom is 0.336 e. The second kappa shape index (κ2) is 8.41. The van der Waals surface area contributed by atoms with Crippen LogP contribution >= 0.6 is 11.6 Å². The summed E-state index contributed by atoms with van der Waals surface area (Å²) >= 11 is 6.18. The number of benzene rings is 2. The number of hydrogen-bond donors (Lipinski definition) is 1. The topological polar surface area (TPSA) is 82.3 Å². The summed E-state index contributed by atoms with van der Waals surface area (Å²) in [6.45, 7) is 2.30. The van der Waals surface area contributed by atoms with Crippen molar-refractivity contribution in [2.75, 3.05) is 20.3 Å². The minimum atomic E-state index is -0.606. The van der Waals surface area contributed by atoms with Crippen LogP contribution in [-0.2, 0) is 16.1 Å². The van der Waals surface area contributed by atoms with Crippen molar-refractivity contribution < 1.29 is 9.53 Å². The number of para-hydroxylation sites is 1. The zero-order valence-electron chi connectivity index (χ0n) is 15.6. The van der Waals surface area contributed by atoms with Crippen molar-refractivity contribution in [3.63, 3.8) is 0 Å². The number of aromatic nitrogens is 2. The first-order valence-electron chi connectivity index (χ1n) is 8.71. The molecule has 0 radical (unpaired) electrons. The molecule has 1 N–H and O–H groups in total. The third kappa shape index (κ3) is 3.85. The number of nitrogens with zero attached hydrogens (tertiary/aromatic N) is 2. The number of hydrogen-bond acceptors (Lipinski definition) is 4. The van der Waals surface area contributed by atoms with Gasteiger partial charge in [0.1, 0.15) is 6.54 Å². The molecule has 0 saturated heterocycles. The van der Waals surface area contributed by atoms with E-state index in [1.54, 1.807) is 42.5 Å². The molecule has 3 aromatic rings. The van der Waals surface area contributed by atoms with Crippen molar-refractivity contribution in [1.82, 2.24) is 14.5 Å². The number of nitrogens with one attached hydrogen (secondary N) is 1. The van der Waals surface area contributed by atoms with Gasteiger partial charge in [-0.25, -0.2) is 9.36 Å². The Balaban J connectivity index is 2.18. The van der Waals surface area contributed by atoms with Crippen molar-refractivity contribution in [1.29, 1.82) is 0 Å². The summed E-state index contributed by atoms with van der Waals surface area (Å²) < 4.78 is 7.23. The fraction of sp³-hybridized carbons (Fsp3) is 0.250. The Morgan fingerprint density at radius 3 is 2.64 bits per heavy atom. The second-order valence-corrected chi connectivity index (χ2v) is 6.71. The fourth-order valence-electron chi connectivity index (χ4n) is 2.91. The molecule has 28 heavy (non-hydrogen) atoms. The highest BCUT2D eigenvalue weighted by molar-refractivity contribution is 6.31. The number of halogens is 1. The van der Waals surface area contributed by atoms with E-state index in [4.69, 9.17) is 16.3 Å². The summed E-state index contributed by atoms with van der Waals surface area (Å²) in [5, 5.41) is 3.46. The summed E-state index contributed by atoms with van der Waals surface area (Å²) in [7, 11) is 1.53. The second-order valence-electron chi connectivity index (χ2n) is 6.30. The molecule has 7 nitrogen and oxygen atoms in total. The van der Waals surface area contributed by atoms with Crippen LogP contribution in [0.2, 0.25) is 5.02 Å². The van der Waals surface area contributed by atoms with Crippen molar-refractivity contribution in [2.24, 2.45) is 0 Å². The van der Waals surface area contributed by atoms with Gasteiger partial charge in [-0.15, -0.1) is 0 Å². The molecule has 1 amide bonds. The van der Waals surface area contributed by atoms with E-state index in [0.717, 1.165) is 10.1 Å². The van der Waals surface area contributed by atoms with Gasteiger partial charge in [0.2, 0.25) is 5.91 Å². The minimum Gasteiger partial charge on any atom is -0.383 e. The van der Waals surface area contributed by atoms with Crippen molar-refractivity contribution in [3.8, 4) is 5.69 Å². The van der Waals surface area contributed by atoms with Gasteiger partial charge in [0.25, 0.3) is 5.56 Å². The molecule has 0 spiro atoms. The summed E-state index contributed by atoms with van der Waals surface area (Å²) in [5.41, 5.74) is 0.512. The minimum absolute atomic E-state index is 0.219. The Morgan fingerprint density at radius 2 is 1.93 bits per heavy atom. The monoisotopic (exact) mass is 401 g/mol. The Hall–Kier alpha value is -2.90. The van der Waals surface area contributed by atoms with E-state index >= 15 is 0 Å². The van der Waals surface area contributed by atoms with Crippen LogP contribution in [0.15, 0.2) is 52.1 Å². The van der Waals surface area contributed by atoms with E-state index < -0.39 is 11.2 Å². The zero-order valence-corrected chi connectivity index (χ0v) is 16.3. The van der Waals surface area contributed by atoms with Gasteiger partial charge in [0.05, 0.1) is 23.2 Å². The number of carbonyl (C=O) groups excluding carboxylic acids is 1. The van der Waals surface area contributed by atoms with E-state index in [-0.39, 0.29) is 12.5 Å². The molecule has 1 aromatic heterocycles. The largest absolute Gasteiger partial charge is 0.383 e. The molecular weight excluding hydrogens is 382 g/mol. The predicted molar refractivity (Wildman–Crippen MR) is 108 cm³/mol. The van der Waals surface area contributed by atoms with Crippen molar-refractivity contribution in [2.45, 2.75) is 13.5 Å². The molecule has 0 aliphatic carbocycles. The molecule has 0 aliphatic heterocycles. The highest BCUT2D eigenvalue weighted by atomic mass is 35.5. The summed E-state index contributed by atoms with van der Waals surface area (Å²) in [5.74, 6) is -0.351. The van der Waals surface area contributed by atoms with Crippen LogP contribution in [0.3, 0.4) is 0 Å². The molecule has 2 aromatic carbocycles. The first kappa shape index (κ1) is 19.9. The van der Waals surface area contributed by atoms with Crippen LogP contribution in [0.4, 0.5) is 0 Å². The molecule has 8 heteroatoms. The fourth-order valence-corrected chi connectivity index (χ4v) is 3.09. The highest BCUT2D eigenvalue weighted by Gasteiger charge is 2.16. The predicted octanol–water partition coefficient (Wildman–Crippen LogP) is 1.88. The van der Waals surface area contributed by atoms with Crippen molar-refractivity contribution in [3.05, 3.63) is 73.9 Å². The van der Waals surface area contributed by atoms with E-state index in [9.17, 15) is 14.4 Å². The Kier molecular flexibility index (Phi) is 5.96. The van der Waals surface area contributed by atoms with E-state index in [0.29, 0.717) is 34.8 Å². The maximum absolute atomic E-state index is 13.1. The van der Waals surface area contributed by atoms with Gasteiger partial charge in [0, 0.05) is 18.7 Å². The number of amides is 1. The molecule has 0 unspecified atom stereocenters. The SMILES string of the molecule is COCCNC(=O)Cn1c(=O)n(-c2ccc(C)c(Cl)c2)c(=O)c2ccccc21. The molecular formula is C20H20ClN3O4. The number of fused-ring (bicyclic) bond motifs is 1. The van der Waals surface area contributed by atoms with Gasteiger partial charge in [-0.1, -0.05) is 29.8 Å².